The lowest BCUT2D eigenvalue weighted by Crippen LogP contribution is -2.21. The zero-order valence-corrected chi connectivity index (χ0v) is 11.4. The average Bonchev–Trinajstić information content (AvgIpc) is 2.86. The van der Waals surface area contributed by atoms with Crippen LogP contribution < -0.4 is 4.90 Å². The maximum absolute atomic E-state index is 9.33. The largest absolute Gasteiger partial charge is 0.396 e. The molecule has 1 aromatic rings. The molecule has 0 radical (unpaired) electrons. The molecule has 0 bridgehead atoms. The van der Waals surface area contributed by atoms with Gasteiger partial charge in [-0.25, -0.2) is 0 Å². The standard InChI is InChI=1S/C14H18N2OS/c1-18-14-4-2-3-13(12(14)9-15)16-7-5-11(10-16)6-8-17/h2-4,11,17H,5-8,10H2,1H3. The van der Waals surface area contributed by atoms with Gasteiger partial charge in [0, 0.05) is 24.6 Å². The number of aliphatic hydroxyl groups excluding tert-OH is 1. The highest BCUT2D eigenvalue weighted by Gasteiger charge is 2.24. The summed E-state index contributed by atoms with van der Waals surface area (Å²) in [5.41, 5.74) is 1.83. The third-order valence-electron chi connectivity index (χ3n) is 3.50. The van der Waals surface area contributed by atoms with Crippen molar-refractivity contribution in [3.05, 3.63) is 23.8 Å². The first kappa shape index (κ1) is 13.3. The Kier molecular flexibility index (Phi) is 4.51. The summed E-state index contributed by atoms with van der Waals surface area (Å²) in [6.07, 6.45) is 3.97. The van der Waals surface area contributed by atoms with Crippen LogP contribution in [-0.4, -0.2) is 31.1 Å². The van der Waals surface area contributed by atoms with Crippen LogP contribution >= 0.6 is 11.8 Å². The Morgan fingerprint density at radius 1 is 1.56 bits per heavy atom. The molecule has 0 spiro atoms. The molecule has 96 valence electrons. The Labute approximate surface area is 112 Å². The summed E-state index contributed by atoms with van der Waals surface area (Å²) in [7, 11) is 0. The molecule has 1 aromatic carbocycles. The van der Waals surface area contributed by atoms with Gasteiger partial charge in [-0.1, -0.05) is 6.07 Å². The van der Waals surface area contributed by atoms with E-state index in [1.54, 1.807) is 11.8 Å². The van der Waals surface area contributed by atoms with Crippen molar-refractivity contribution in [2.24, 2.45) is 5.92 Å². The average molecular weight is 262 g/mol. The van der Waals surface area contributed by atoms with Crippen molar-refractivity contribution in [3.8, 4) is 6.07 Å². The molecule has 1 saturated heterocycles. The van der Waals surface area contributed by atoms with Crippen molar-refractivity contribution in [2.45, 2.75) is 17.7 Å². The molecule has 1 unspecified atom stereocenters. The van der Waals surface area contributed by atoms with Crippen molar-refractivity contribution in [3.63, 3.8) is 0 Å². The predicted molar refractivity (Wildman–Crippen MR) is 75.0 cm³/mol. The summed E-state index contributed by atoms with van der Waals surface area (Å²) in [5.74, 6) is 0.555. The minimum atomic E-state index is 0.258. The monoisotopic (exact) mass is 262 g/mol. The van der Waals surface area contributed by atoms with Crippen LogP contribution in [0.4, 0.5) is 5.69 Å². The third-order valence-corrected chi connectivity index (χ3v) is 4.28. The predicted octanol–water partition coefficient (Wildman–Crippen LogP) is 2.49. The van der Waals surface area contributed by atoms with Gasteiger partial charge in [-0.05, 0) is 37.1 Å². The molecular weight excluding hydrogens is 244 g/mol. The molecule has 0 aromatic heterocycles. The number of thioether (sulfide) groups is 1. The van der Waals surface area contributed by atoms with Gasteiger partial charge in [-0.2, -0.15) is 5.26 Å². The highest BCUT2D eigenvalue weighted by Crippen LogP contribution is 2.32. The van der Waals surface area contributed by atoms with E-state index in [2.05, 4.69) is 11.0 Å². The molecule has 0 amide bonds. The fourth-order valence-corrected chi connectivity index (χ4v) is 3.10. The van der Waals surface area contributed by atoms with Crippen molar-refractivity contribution in [1.29, 1.82) is 5.26 Å². The van der Waals surface area contributed by atoms with E-state index in [9.17, 15) is 5.26 Å². The number of nitriles is 1. The summed E-state index contributed by atoms with van der Waals surface area (Å²) in [4.78, 5) is 3.32. The van der Waals surface area contributed by atoms with E-state index in [1.165, 1.54) is 0 Å². The molecule has 2 rings (SSSR count). The minimum absolute atomic E-state index is 0.258. The Hall–Kier alpha value is -1.18. The highest BCUT2D eigenvalue weighted by atomic mass is 32.2. The maximum Gasteiger partial charge on any atom is 0.103 e. The van der Waals surface area contributed by atoms with E-state index in [1.807, 2.05) is 24.5 Å². The zero-order valence-electron chi connectivity index (χ0n) is 10.6. The minimum Gasteiger partial charge on any atom is -0.396 e. The van der Waals surface area contributed by atoms with E-state index >= 15 is 0 Å². The SMILES string of the molecule is CSc1cccc(N2CCC(CCO)C2)c1C#N. The van der Waals surface area contributed by atoms with Gasteiger partial charge < -0.3 is 10.0 Å². The van der Waals surface area contributed by atoms with Crippen LogP contribution in [0.5, 0.6) is 0 Å². The lowest BCUT2D eigenvalue weighted by molar-refractivity contribution is 0.263. The Morgan fingerprint density at radius 3 is 3.06 bits per heavy atom. The first-order chi connectivity index (χ1) is 8.80. The van der Waals surface area contributed by atoms with Crippen molar-refractivity contribution in [2.75, 3.05) is 30.9 Å². The van der Waals surface area contributed by atoms with E-state index in [0.717, 1.165) is 42.1 Å². The van der Waals surface area contributed by atoms with Crippen LogP contribution in [0.15, 0.2) is 23.1 Å². The zero-order chi connectivity index (χ0) is 13.0. The molecule has 1 N–H and O–H groups in total. The summed E-state index contributed by atoms with van der Waals surface area (Å²) in [6, 6.07) is 8.36. The van der Waals surface area contributed by atoms with Crippen LogP contribution in [-0.2, 0) is 0 Å². The first-order valence-corrected chi connectivity index (χ1v) is 7.45. The molecule has 0 saturated carbocycles. The van der Waals surface area contributed by atoms with Gasteiger partial charge in [0.05, 0.1) is 11.3 Å². The van der Waals surface area contributed by atoms with Gasteiger partial charge in [-0.3, -0.25) is 0 Å². The maximum atomic E-state index is 9.33. The summed E-state index contributed by atoms with van der Waals surface area (Å²) in [5, 5.41) is 18.3. The van der Waals surface area contributed by atoms with Gasteiger partial charge in [-0.15, -0.1) is 11.8 Å². The van der Waals surface area contributed by atoms with Gasteiger partial charge in [0.2, 0.25) is 0 Å². The molecule has 1 aliphatic heterocycles. The summed E-state index contributed by atoms with van der Waals surface area (Å²) >= 11 is 1.61. The summed E-state index contributed by atoms with van der Waals surface area (Å²) in [6.45, 7) is 2.19. The molecule has 0 aliphatic carbocycles. The molecule has 1 heterocycles. The van der Waals surface area contributed by atoms with E-state index < -0.39 is 0 Å². The number of nitrogens with zero attached hydrogens (tertiary/aromatic N) is 2. The van der Waals surface area contributed by atoms with Crippen molar-refractivity contribution >= 4 is 17.4 Å². The summed E-state index contributed by atoms with van der Waals surface area (Å²) < 4.78 is 0. The van der Waals surface area contributed by atoms with Gasteiger partial charge >= 0.3 is 0 Å². The van der Waals surface area contributed by atoms with Gasteiger partial charge in [0.15, 0.2) is 0 Å². The normalized spacial score (nSPS) is 18.9. The van der Waals surface area contributed by atoms with E-state index in [-0.39, 0.29) is 6.61 Å². The van der Waals surface area contributed by atoms with Crippen molar-refractivity contribution in [1.82, 2.24) is 0 Å². The third kappa shape index (κ3) is 2.63. The Morgan fingerprint density at radius 2 is 2.39 bits per heavy atom. The van der Waals surface area contributed by atoms with Crippen LogP contribution in [0, 0.1) is 17.2 Å². The molecule has 1 fully saturated rings. The van der Waals surface area contributed by atoms with Gasteiger partial charge in [0.1, 0.15) is 6.07 Å². The molecule has 4 heteroatoms. The Bertz CT molecular complexity index is 456. The second kappa shape index (κ2) is 6.12. The number of rotatable bonds is 4. The number of benzene rings is 1. The number of aliphatic hydroxyl groups is 1. The van der Waals surface area contributed by atoms with Crippen LogP contribution in [0.25, 0.3) is 0 Å². The molecule has 3 nitrogen and oxygen atoms in total. The van der Waals surface area contributed by atoms with E-state index in [4.69, 9.17) is 5.11 Å². The molecule has 18 heavy (non-hydrogen) atoms. The Balaban J connectivity index is 2.22. The quantitative estimate of drug-likeness (QED) is 0.847. The molecule has 1 aliphatic rings. The van der Waals surface area contributed by atoms with Crippen LogP contribution in [0.3, 0.4) is 0 Å². The number of anilines is 1. The fraction of sp³-hybridized carbons (Fsp3) is 0.500. The lowest BCUT2D eigenvalue weighted by Gasteiger charge is -2.21. The smallest absolute Gasteiger partial charge is 0.103 e. The van der Waals surface area contributed by atoms with E-state index in [0.29, 0.717) is 5.92 Å². The number of hydrogen-bond donors (Lipinski definition) is 1. The fourth-order valence-electron chi connectivity index (χ4n) is 2.54. The van der Waals surface area contributed by atoms with Gasteiger partial charge in [0.25, 0.3) is 0 Å². The molecular formula is C14H18N2OS. The van der Waals surface area contributed by atoms with Crippen molar-refractivity contribution < 1.29 is 5.11 Å². The van der Waals surface area contributed by atoms with Crippen LogP contribution in [0.2, 0.25) is 0 Å². The second-order valence-corrected chi connectivity index (χ2v) is 5.43. The highest BCUT2D eigenvalue weighted by molar-refractivity contribution is 7.98. The van der Waals surface area contributed by atoms with Crippen LogP contribution in [0.1, 0.15) is 18.4 Å². The number of hydrogen-bond acceptors (Lipinski definition) is 4. The first-order valence-electron chi connectivity index (χ1n) is 6.23. The molecule has 1 atom stereocenters. The second-order valence-electron chi connectivity index (χ2n) is 4.58. The lowest BCUT2D eigenvalue weighted by atomic mass is 10.1. The topological polar surface area (TPSA) is 47.3 Å².